The summed E-state index contributed by atoms with van der Waals surface area (Å²) in [4.78, 5) is 44.8. The SMILES string of the molecule is O=C(Cn1c(=O)n(CCc2ccccc2)c(=O)c2sc3ncccc3c21)Nc1ccccc1Cl. The van der Waals surface area contributed by atoms with Crippen molar-refractivity contribution in [3.63, 3.8) is 0 Å². The largest absolute Gasteiger partial charge is 0.332 e. The van der Waals surface area contributed by atoms with E-state index in [0.29, 0.717) is 37.6 Å². The molecule has 0 atom stereocenters. The minimum absolute atomic E-state index is 0.200. The Morgan fingerprint density at radius 3 is 2.53 bits per heavy atom. The third-order valence-corrected chi connectivity index (χ3v) is 6.95. The van der Waals surface area contributed by atoms with Crippen LogP contribution in [0.2, 0.25) is 5.02 Å². The van der Waals surface area contributed by atoms with Gasteiger partial charge in [0.15, 0.2) is 0 Å². The van der Waals surface area contributed by atoms with E-state index < -0.39 is 11.6 Å². The van der Waals surface area contributed by atoms with Gasteiger partial charge in [0.05, 0.1) is 16.2 Å². The third-order valence-electron chi connectivity index (χ3n) is 5.53. The Hall–Kier alpha value is -3.75. The molecule has 0 aliphatic heterocycles. The summed E-state index contributed by atoms with van der Waals surface area (Å²) in [7, 11) is 0. The Balaban J connectivity index is 1.61. The first kappa shape index (κ1) is 22.1. The zero-order valence-corrected chi connectivity index (χ0v) is 19.5. The number of fused-ring (bicyclic) bond motifs is 3. The van der Waals surface area contributed by atoms with E-state index in [4.69, 9.17) is 11.6 Å². The second-order valence-electron chi connectivity index (χ2n) is 7.73. The number of anilines is 1. The van der Waals surface area contributed by atoms with Crippen LogP contribution in [0.15, 0.2) is 82.5 Å². The number of pyridine rings is 1. The molecule has 3 heterocycles. The molecule has 0 saturated carbocycles. The van der Waals surface area contributed by atoms with E-state index in [1.54, 1.807) is 42.6 Å². The Kier molecular flexibility index (Phi) is 6.00. The molecule has 0 fully saturated rings. The van der Waals surface area contributed by atoms with Gasteiger partial charge < -0.3 is 5.32 Å². The van der Waals surface area contributed by atoms with Gasteiger partial charge in [0.1, 0.15) is 16.1 Å². The number of aryl methyl sites for hydroxylation is 1. The van der Waals surface area contributed by atoms with Crippen molar-refractivity contribution in [2.24, 2.45) is 0 Å². The number of halogens is 1. The number of para-hydroxylation sites is 1. The average molecular weight is 491 g/mol. The molecule has 0 bridgehead atoms. The fourth-order valence-electron chi connectivity index (χ4n) is 3.91. The number of carbonyl (C=O) groups excluding carboxylic acids is 1. The van der Waals surface area contributed by atoms with E-state index in [1.807, 2.05) is 30.3 Å². The highest BCUT2D eigenvalue weighted by Crippen LogP contribution is 2.29. The van der Waals surface area contributed by atoms with Crippen molar-refractivity contribution in [3.05, 3.63) is 104 Å². The Morgan fingerprint density at radius 2 is 1.74 bits per heavy atom. The number of nitrogens with zero attached hydrogens (tertiary/aromatic N) is 3. The van der Waals surface area contributed by atoms with Crippen LogP contribution in [0.5, 0.6) is 0 Å². The normalized spacial score (nSPS) is 11.2. The van der Waals surface area contributed by atoms with E-state index in [1.165, 1.54) is 20.5 Å². The molecule has 5 rings (SSSR count). The summed E-state index contributed by atoms with van der Waals surface area (Å²) >= 11 is 7.39. The van der Waals surface area contributed by atoms with Crippen LogP contribution in [0, 0.1) is 0 Å². The number of aromatic nitrogens is 3. The summed E-state index contributed by atoms with van der Waals surface area (Å²) in [5, 5.41) is 3.81. The maximum Gasteiger partial charge on any atom is 0.332 e. The molecule has 0 saturated heterocycles. The van der Waals surface area contributed by atoms with E-state index in [0.717, 1.165) is 5.56 Å². The summed E-state index contributed by atoms with van der Waals surface area (Å²) in [5.41, 5.74) is 0.976. The molecule has 1 amide bonds. The lowest BCUT2D eigenvalue weighted by Gasteiger charge is -2.13. The molecule has 5 aromatic rings. The van der Waals surface area contributed by atoms with Crippen molar-refractivity contribution in [2.75, 3.05) is 5.32 Å². The quantitative estimate of drug-likeness (QED) is 0.384. The molecule has 0 aliphatic carbocycles. The van der Waals surface area contributed by atoms with Crippen LogP contribution in [-0.2, 0) is 24.3 Å². The summed E-state index contributed by atoms with van der Waals surface area (Å²) in [6, 6.07) is 20.1. The predicted molar refractivity (Wildman–Crippen MR) is 136 cm³/mol. The van der Waals surface area contributed by atoms with Crippen LogP contribution >= 0.6 is 22.9 Å². The molecule has 3 aromatic heterocycles. The lowest BCUT2D eigenvalue weighted by Crippen LogP contribution is -2.41. The number of thiophene rings is 1. The van der Waals surface area contributed by atoms with Crippen LogP contribution in [0.4, 0.5) is 5.69 Å². The smallest absolute Gasteiger partial charge is 0.323 e. The van der Waals surface area contributed by atoms with E-state index in [9.17, 15) is 14.4 Å². The van der Waals surface area contributed by atoms with Crippen molar-refractivity contribution in [3.8, 4) is 0 Å². The molecule has 0 aliphatic rings. The fourth-order valence-corrected chi connectivity index (χ4v) is 5.19. The molecule has 0 spiro atoms. The van der Waals surface area contributed by atoms with Crippen LogP contribution < -0.4 is 16.6 Å². The molecule has 1 N–H and O–H groups in total. The number of hydrogen-bond donors (Lipinski definition) is 1. The molecule has 2 aromatic carbocycles. The molecule has 170 valence electrons. The molecule has 0 unspecified atom stereocenters. The molecule has 9 heteroatoms. The van der Waals surface area contributed by atoms with Crippen LogP contribution in [0.3, 0.4) is 0 Å². The van der Waals surface area contributed by atoms with E-state index >= 15 is 0 Å². The monoisotopic (exact) mass is 490 g/mol. The number of amides is 1. The Morgan fingerprint density at radius 1 is 0.971 bits per heavy atom. The summed E-state index contributed by atoms with van der Waals surface area (Å²) in [6.07, 6.45) is 2.15. The topological polar surface area (TPSA) is 86.0 Å². The predicted octanol–water partition coefficient (Wildman–Crippen LogP) is 4.31. The van der Waals surface area contributed by atoms with Crippen molar-refractivity contribution >= 4 is 55.0 Å². The maximum atomic E-state index is 13.5. The molecular formula is C25H19ClN4O3S. The van der Waals surface area contributed by atoms with Crippen molar-refractivity contribution in [1.82, 2.24) is 14.1 Å². The number of nitrogens with one attached hydrogen (secondary N) is 1. The van der Waals surface area contributed by atoms with Crippen molar-refractivity contribution < 1.29 is 4.79 Å². The number of hydrogen-bond acceptors (Lipinski definition) is 5. The van der Waals surface area contributed by atoms with Crippen LogP contribution in [0.25, 0.3) is 20.4 Å². The molecule has 7 nitrogen and oxygen atoms in total. The molecule has 0 radical (unpaired) electrons. The number of benzene rings is 2. The summed E-state index contributed by atoms with van der Waals surface area (Å²) < 4.78 is 2.95. The first-order valence-electron chi connectivity index (χ1n) is 10.6. The second-order valence-corrected chi connectivity index (χ2v) is 9.13. The molecular weight excluding hydrogens is 472 g/mol. The van der Waals surface area contributed by atoms with Gasteiger partial charge in [0.25, 0.3) is 5.56 Å². The number of carbonyl (C=O) groups is 1. The summed E-state index contributed by atoms with van der Waals surface area (Å²) in [5.74, 6) is -0.423. The van der Waals surface area contributed by atoms with Gasteiger partial charge in [-0.15, -0.1) is 11.3 Å². The van der Waals surface area contributed by atoms with Gasteiger partial charge in [-0.05, 0) is 36.2 Å². The standard InChI is InChI=1S/C25H19ClN4O3S/c26-18-10-4-5-11-19(18)28-20(31)15-30-21-17-9-6-13-27-23(17)34-22(21)24(32)29(25(30)33)14-12-16-7-2-1-3-8-16/h1-11,13H,12,14-15H2,(H,28,31). The van der Waals surface area contributed by atoms with E-state index in [2.05, 4.69) is 10.3 Å². The van der Waals surface area contributed by atoms with Gasteiger partial charge in [-0.1, -0.05) is 54.1 Å². The summed E-state index contributed by atoms with van der Waals surface area (Å²) in [6.45, 7) is -0.0711. The zero-order chi connectivity index (χ0) is 23.7. The van der Waals surface area contributed by atoms with Gasteiger partial charge in [-0.2, -0.15) is 0 Å². The highest BCUT2D eigenvalue weighted by Gasteiger charge is 2.20. The van der Waals surface area contributed by atoms with Gasteiger partial charge in [-0.25, -0.2) is 9.78 Å². The van der Waals surface area contributed by atoms with Crippen LogP contribution in [0.1, 0.15) is 5.56 Å². The fraction of sp³-hybridized carbons (Fsp3) is 0.120. The lowest BCUT2D eigenvalue weighted by atomic mass is 10.1. The van der Waals surface area contributed by atoms with Crippen LogP contribution in [-0.4, -0.2) is 20.0 Å². The second kappa shape index (κ2) is 9.24. The van der Waals surface area contributed by atoms with Crippen molar-refractivity contribution in [1.29, 1.82) is 0 Å². The third kappa shape index (κ3) is 4.13. The van der Waals surface area contributed by atoms with Gasteiger partial charge in [0, 0.05) is 18.1 Å². The molecule has 34 heavy (non-hydrogen) atoms. The number of rotatable bonds is 6. The highest BCUT2D eigenvalue weighted by atomic mass is 35.5. The minimum Gasteiger partial charge on any atom is -0.323 e. The average Bonchev–Trinajstić information content (AvgIpc) is 3.24. The first-order valence-corrected chi connectivity index (χ1v) is 11.8. The van der Waals surface area contributed by atoms with E-state index in [-0.39, 0.29) is 18.6 Å². The van der Waals surface area contributed by atoms with Gasteiger partial charge >= 0.3 is 5.69 Å². The van der Waals surface area contributed by atoms with Crippen molar-refractivity contribution in [2.45, 2.75) is 19.5 Å². The minimum atomic E-state index is -0.536. The lowest BCUT2D eigenvalue weighted by molar-refractivity contribution is -0.116. The van der Waals surface area contributed by atoms with Gasteiger partial charge in [0.2, 0.25) is 5.91 Å². The Bertz CT molecular complexity index is 1640. The van der Waals surface area contributed by atoms with Gasteiger partial charge in [-0.3, -0.25) is 18.7 Å². The first-order chi connectivity index (χ1) is 16.5. The maximum absolute atomic E-state index is 13.5. The highest BCUT2D eigenvalue weighted by molar-refractivity contribution is 7.25. The zero-order valence-electron chi connectivity index (χ0n) is 17.9. The Labute approximate surface area is 202 Å².